The number of ether oxygens (including phenoxy) is 1. The van der Waals surface area contributed by atoms with Crippen LogP contribution in [0.1, 0.15) is 114 Å². The molecule has 0 bridgehead atoms. The molecule has 0 aliphatic heterocycles. The average Bonchev–Trinajstić information content (AvgIpc) is 2.95. The molecule has 0 saturated carbocycles. The van der Waals surface area contributed by atoms with E-state index in [2.05, 4.69) is 90.1 Å². The highest BCUT2D eigenvalue weighted by Gasteiger charge is 2.12. The van der Waals surface area contributed by atoms with Crippen LogP contribution in [0.5, 0.6) is 5.75 Å². The van der Waals surface area contributed by atoms with Gasteiger partial charge in [0.2, 0.25) is 0 Å². The lowest BCUT2D eigenvalue weighted by atomic mass is 9.95. The summed E-state index contributed by atoms with van der Waals surface area (Å²) in [6.07, 6.45) is 12.3. The Balaban J connectivity index is 1.69. The standard InChI is InChI=1S/C36H50N2O/c1-7-10-11-12-13-14-15-16-23-39-35-22-21-33(26-34(35)27(4)5)37-38-36-29(8-2)24-32(25-30(36)9-3)31-19-17-28(6)18-20-31/h17-22,24-27H,7-16,23H2,1-6H3. The molecule has 0 heterocycles. The van der Waals surface area contributed by atoms with Crippen LogP contribution in [0, 0.1) is 6.92 Å². The van der Waals surface area contributed by atoms with Crippen molar-refractivity contribution in [2.45, 2.75) is 112 Å². The molecule has 210 valence electrons. The topological polar surface area (TPSA) is 34.0 Å². The lowest BCUT2D eigenvalue weighted by molar-refractivity contribution is 0.300. The minimum absolute atomic E-state index is 0.361. The van der Waals surface area contributed by atoms with Crippen LogP contribution in [-0.2, 0) is 12.8 Å². The highest BCUT2D eigenvalue weighted by Crippen LogP contribution is 2.35. The average molecular weight is 527 g/mol. The lowest BCUT2D eigenvalue weighted by Crippen LogP contribution is -2.01. The third-order valence-electron chi connectivity index (χ3n) is 7.55. The number of nitrogens with zero attached hydrogens (tertiary/aromatic N) is 2. The Morgan fingerprint density at radius 2 is 1.28 bits per heavy atom. The second kappa shape index (κ2) is 16.2. The summed E-state index contributed by atoms with van der Waals surface area (Å²) in [4.78, 5) is 0. The summed E-state index contributed by atoms with van der Waals surface area (Å²) in [7, 11) is 0. The number of rotatable bonds is 16. The van der Waals surface area contributed by atoms with Gasteiger partial charge in [0.15, 0.2) is 0 Å². The van der Waals surface area contributed by atoms with Gasteiger partial charge in [-0.25, -0.2) is 0 Å². The number of unbranched alkanes of at least 4 members (excludes halogenated alkanes) is 7. The summed E-state index contributed by atoms with van der Waals surface area (Å²) in [5.74, 6) is 1.35. The first-order valence-corrected chi connectivity index (χ1v) is 15.4. The first-order valence-electron chi connectivity index (χ1n) is 15.4. The minimum atomic E-state index is 0.361. The van der Waals surface area contributed by atoms with Gasteiger partial charge in [0.05, 0.1) is 18.0 Å². The van der Waals surface area contributed by atoms with Gasteiger partial charge in [-0.3, -0.25) is 0 Å². The van der Waals surface area contributed by atoms with E-state index >= 15 is 0 Å². The third-order valence-corrected chi connectivity index (χ3v) is 7.55. The maximum Gasteiger partial charge on any atom is 0.122 e. The molecule has 0 aliphatic rings. The molecule has 0 unspecified atom stereocenters. The predicted molar refractivity (Wildman–Crippen MR) is 168 cm³/mol. The van der Waals surface area contributed by atoms with Crippen LogP contribution in [0.25, 0.3) is 11.1 Å². The SMILES string of the molecule is CCCCCCCCCCOc1ccc(N=Nc2c(CC)cc(-c3ccc(C)cc3)cc2CC)cc1C(C)C. The molecule has 0 atom stereocenters. The lowest BCUT2D eigenvalue weighted by Gasteiger charge is -2.15. The molecule has 39 heavy (non-hydrogen) atoms. The van der Waals surface area contributed by atoms with Crippen molar-refractivity contribution < 1.29 is 4.74 Å². The molecule has 0 radical (unpaired) electrons. The van der Waals surface area contributed by atoms with Crippen molar-refractivity contribution in [2.75, 3.05) is 6.61 Å². The monoisotopic (exact) mass is 526 g/mol. The second-order valence-corrected chi connectivity index (χ2v) is 11.1. The van der Waals surface area contributed by atoms with Crippen molar-refractivity contribution >= 4 is 11.4 Å². The molecule has 3 aromatic rings. The van der Waals surface area contributed by atoms with E-state index in [0.29, 0.717) is 5.92 Å². The normalized spacial score (nSPS) is 11.6. The van der Waals surface area contributed by atoms with Gasteiger partial charge in [-0.1, -0.05) is 109 Å². The van der Waals surface area contributed by atoms with E-state index in [1.807, 2.05) is 6.07 Å². The number of aryl methyl sites for hydroxylation is 3. The van der Waals surface area contributed by atoms with Gasteiger partial charge < -0.3 is 4.74 Å². The summed E-state index contributed by atoms with van der Waals surface area (Å²) in [5.41, 5.74) is 9.35. The summed E-state index contributed by atoms with van der Waals surface area (Å²) in [6.45, 7) is 14.0. The van der Waals surface area contributed by atoms with Crippen LogP contribution in [0.2, 0.25) is 0 Å². The van der Waals surface area contributed by atoms with Crippen molar-refractivity contribution in [3.63, 3.8) is 0 Å². The number of hydrogen-bond donors (Lipinski definition) is 0. The Kier molecular flexibility index (Phi) is 12.7. The van der Waals surface area contributed by atoms with E-state index < -0.39 is 0 Å². The molecule has 3 rings (SSSR count). The molecule has 0 aliphatic carbocycles. The number of benzene rings is 3. The molecule has 0 fully saturated rings. The van der Waals surface area contributed by atoms with E-state index in [1.54, 1.807) is 0 Å². The Morgan fingerprint density at radius 1 is 0.667 bits per heavy atom. The molecule has 0 N–H and O–H groups in total. The molecule has 0 saturated heterocycles. The Bertz CT molecular complexity index is 1150. The minimum Gasteiger partial charge on any atom is -0.493 e. The smallest absolute Gasteiger partial charge is 0.122 e. The van der Waals surface area contributed by atoms with Gasteiger partial charge in [0.25, 0.3) is 0 Å². The molecule has 3 aromatic carbocycles. The number of azo groups is 1. The van der Waals surface area contributed by atoms with Crippen molar-refractivity contribution in [3.05, 3.63) is 76.9 Å². The zero-order valence-corrected chi connectivity index (χ0v) is 25.4. The third kappa shape index (κ3) is 9.34. The summed E-state index contributed by atoms with van der Waals surface area (Å²) >= 11 is 0. The van der Waals surface area contributed by atoms with E-state index in [4.69, 9.17) is 15.0 Å². The van der Waals surface area contributed by atoms with Crippen LogP contribution in [0.4, 0.5) is 11.4 Å². The summed E-state index contributed by atoms with van der Waals surface area (Å²) < 4.78 is 6.22. The molecular formula is C36H50N2O. The van der Waals surface area contributed by atoms with Gasteiger partial charge in [0, 0.05) is 0 Å². The van der Waals surface area contributed by atoms with Crippen LogP contribution >= 0.6 is 0 Å². The first-order chi connectivity index (χ1) is 19.0. The van der Waals surface area contributed by atoms with Crippen molar-refractivity contribution in [3.8, 4) is 16.9 Å². The summed E-state index contributed by atoms with van der Waals surface area (Å²) in [5, 5.41) is 9.52. The molecule has 0 spiro atoms. The van der Waals surface area contributed by atoms with Gasteiger partial charge >= 0.3 is 0 Å². The van der Waals surface area contributed by atoms with E-state index in [-0.39, 0.29) is 0 Å². The fraction of sp³-hybridized carbons (Fsp3) is 0.500. The van der Waals surface area contributed by atoms with Crippen LogP contribution in [0.3, 0.4) is 0 Å². The first kappa shape index (κ1) is 30.6. The fourth-order valence-corrected chi connectivity index (χ4v) is 5.05. The molecular weight excluding hydrogens is 476 g/mol. The maximum absolute atomic E-state index is 6.22. The Hall–Kier alpha value is -2.94. The highest BCUT2D eigenvalue weighted by molar-refractivity contribution is 5.70. The Morgan fingerprint density at radius 3 is 1.87 bits per heavy atom. The fourth-order valence-electron chi connectivity index (χ4n) is 5.05. The van der Waals surface area contributed by atoms with Crippen molar-refractivity contribution in [2.24, 2.45) is 10.2 Å². The van der Waals surface area contributed by atoms with E-state index in [9.17, 15) is 0 Å². The van der Waals surface area contributed by atoms with E-state index in [1.165, 1.54) is 78.3 Å². The molecule has 3 heteroatoms. The molecule has 0 amide bonds. The quantitative estimate of drug-likeness (QED) is 0.135. The van der Waals surface area contributed by atoms with Gasteiger partial charge in [-0.05, 0) is 90.3 Å². The zero-order chi connectivity index (χ0) is 28.0. The number of hydrogen-bond acceptors (Lipinski definition) is 3. The van der Waals surface area contributed by atoms with Crippen LogP contribution < -0.4 is 4.74 Å². The van der Waals surface area contributed by atoms with Crippen molar-refractivity contribution in [1.82, 2.24) is 0 Å². The second-order valence-electron chi connectivity index (χ2n) is 11.1. The van der Waals surface area contributed by atoms with Gasteiger partial charge in [-0.2, -0.15) is 5.11 Å². The van der Waals surface area contributed by atoms with Crippen LogP contribution in [-0.4, -0.2) is 6.61 Å². The van der Waals surface area contributed by atoms with Crippen LogP contribution in [0.15, 0.2) is 64.8 Å². The van der Waals surface area contributed by atoms with Gasteiger partial charge in [0.1, 0.15) is 5.75 Å². The molecule has 0 aromatic heterocycles. The largest absolute Gasteiger partial charge is 0.493 e. The highest BCUT2D eigenvalue weighted by atomic mass is 16.5. The van der Waals surface area contributed by atoms with Crippen molar-refractivity contribution in [1.29, 1.82) is 0 Å². The Labute approximate surface area is 238 Å². The zero-order valence-electron chi connectivity index (χ0n) is 25.4. The van der Waals surface area contributed by atoms with E-state index in [0.717, 1.165) is 43.0 Å². The maximum atomic E-state index is 6.22. The van der Waals surface area contributed by atoms with Gasteiger partial charge in [-0.15, -0.1) is 5.11 Å². The summed E-state index contributed by atoms with van der Waals surface area (Å²) in [6, 6.07) is 19.6. The molecule has 3 nitrogen and oxygen atoms in total. The predicted octanol–water partition coefficient (Wildman–Crippen LogP) is 11.8.